The zero-order chi connectivity index (χ0) is 15.2. The van der Waals surface area contributed by atoms with Crippen molar-refractivity contribution in [3.8, 4) is 0 Å². The fraction of sp³-hybridized carbons (Fsp3) is 0.353. The van der Waals surface area contributed by atoms with Crippen molar-refractivity contribution in [3.63, 3.8) is 0 Å². The molecule has 2 rings (SSSR count). The first kappa shape index (κ1) is 15.4. The number of hydrogen-bond acceptors (Lipinski definition) is 3. The van der Waals surface area contributed by atoms with E-state index in [1.54, 1.807) is 18.5 Å². The van der Waals surface area contributed by atoms with Crippen LogP contribution in [0.1, 0.15) is 31.0 Å². The van der Waals surface area contributed by atoms with Crippen molar-refractivity contribution in [2.24, 2.45) is 0 Å². The standard InChI is InChI=1S/C17H22FN3/c1-4-21(12-14-8-10-20-11-9-14)16-7-5-6-15(18)17(16)13(2)19-3/h5-11,13,19H,4,12H2,1-3H3. The molecule has 0 saturated carbocycles. The van der Waals surface area contributed by atoms with Gasteiger partial charge in [-0.05, 0) is 50.7 Å². The van der Waals surface area contributed by atoms with Gasteiger partial charge < -0.3 is 10.2 Å². The maximum atomic E-state index is 14.2. The molecule has 112 valence electrons. The molecule has 1 N–H and O–H groups in total. The van der Waals surface area contributed by atoms with Crippen LogP contribution in [0.3, 0.4) is 0 Å². The Labute approximate surface area is 125 Å². The molecule has 1 atom stereocenters. The van der Waals surface area contributed by atoms with E-state index in [0.29, 0.717) is 0 Å². The highest BCUT2D eigenvalue weighted by Crippen LogP contribution is 2.29. The highest BCUT2D eigenvalue weighted by molar-refractivity contribution is 5.55. The molecule has 3 nitrogen and oxygen atoms in total. The van der Waals surface area contributed by atoms with Crippen molar-refractivity contribution in [2.75, 3.05) is 18.5 Å². The minimum Gasteiger partial charge on any atom is -0.367 e. The number of halogens is 1. The normalized spacial score (nSPS) is 12.2. The summed E-state index contributed by atoms with van der Waals surface area (Å²) in [7, 11) is 1.85. The number of benzene rings is 1. The molecular formula is C17H22FN3. The third-order valence-electron chi connectivity index (χ3n) is 3.74. The van der Waals surface area contributed by atoms with E-state index in [-0.39, 0.29) is 11.9 Å². The van der Waals surface area contributed by atoms with Crippen molar-refractivity contribution < 1.29 is 4.39 Å². The topological polar surface area (TPSA) is 28.2 Å². The van der Waals surface area contributed by atoms with Gasteiger partial charge in [-0.3, -0.25) is 4.98 Å². The van der Waals surface area contributed by atoms with Gasteiger partial charge in [-0.2, -0.15) is 0 Å². The van der Waals surface area contributed by atoms with Gasteiger partial charge in [-0.1, -0.05) is 6.07 Å². The maximum Gasteiger partial charge on any atom is 0.130 e. The number of aromatic nitrogens is 1. The smallest absolute Gasteiger partial charge is 0.130 e. The Morgan fingerprint density at radius 1 is 1.24 bits per heavy atom. The summed E-state index contributed by atoms with van der Waals surface area (Å²) < 4.78 is 14.2. The lowest BCUT2D eigenvalue weighted by molar-refractivity contribution is 0.559. The highest BCUT2D eigenvalue weighted by Gasteiger charge is 2.18. The van der Waals surface area contributed by atoms with Crippen molar-refractivity contribution in [1.82, 2.24) is 10.3 Å². The lowest BCUT2D eigenvalue weighted by Crippen LogP contribution is -2.26. The molecular weight excluding hydrogens is 265 g/mol. The van der Waals surface area contributed by atoms with E-state index in [1.807, 2.05) is 32.2 Å². The Morgan fingerprint density at radius 2 is 1.95 bits per heavy atom. The first-order valence-corrected chi connectivity index (χ1v) is 7.26. The van der Waals surface area contributed by atoms with Gasteiger partial charge in [-0.25, -0.2) is 4.39 Å². The maximum absolute atomic E-state index is 14.2. The summed E-state index contributed by atoms with van der Waals surface area (Å²) in [5.41, 5.74) is 2.83. The molecule has 0 radical (unpaired) electrons. The summed E-state index contributed by atoms with van der Waals surface area (Å²) in [6, 6.07) is 9.22. The van der Waals surface area contributed by atoms with Gasteiger partial charge in [0.1, 0.15) is 5.82 Å². The molecule has 4 heteroatoms. The first-order valence-electron chi connectivity index (χ1n) is 7.26. The van der Waals surface area contributed by atoms with Gasteiger partial charge in [0.2, 0.25) is 0 Å². The van der Waals surface area contributed by atoms with Gasteiger partial charge >= 0.3 is 0 Å². The van der Waals surface area contributed by atoms with E-state index >= 15 is 0 Å². The predicted octanol–water partition coefficient (Wildman–Crippen LogP) is 3.53. The number of nitrogens with zero attached hydrogens (tertiary/aromatic N) is 2. The van der Waals surface area contributed by atoms with Crippen LogP contribution >= 0.6 is 0 Å². The van der Waals surface area contributed by atoms with Crippen LogP contribution in [-0.4, -0.2) is 18.6 Å². The molecule has 1 unspecified atom stereocenters. The fourth-order valence-electron chi connectivity index (χ4n) is 2.45. The number of rotatable bonds is 6. The number of nitrogens with one attached hydrogen (secondary N) is 1. The van der Waals surface area contributed by atoms with Crippen LogP contribution in [0.5, 0.6) is 0 Å². The van der Waals surface area contributed by atoms with Crippen molar-refractivity contribution in [1.29, 1.82) is 0 Å². The SMILES string of the molecule is CCN(Cc1ccncc1)c1cccc(F)c1C(C)NC. The van der Waals surface area contributed by atoms with Crippen molar-refractivity contribution in [2.45, 2.75) is 26.4 Å². The molecule has 0 aliphatic rings. The Hall–Kier alpha value is -1.94. The second-order valence-electron chi connectivity index (χ2n) is 5.05. The zero-order valence-electron chi connectivity index (χ0n) is 12.8. The summed E-state index contributed by atoms with van der Waals surface area (Å²) in [5, 5.41) is 3.13. The van der Waals surface area contributed by atoms with Crippen LogP contribution in [0.4, 0.5) is 10.1 Å². The van der Waals surface area contributed by atoms with Gasteiger partial charge in [-0.15, -0.1) is 0 Å². The quantitative estimate of drug-likeness (QED) is 0.881. The summed E-state index contributed by atoms with van der Waals surface area (Å²) in [6.07, 6.45) is 3.57. The third kappa shape index (κ3) is 3.58. The van der Waals surface area contributed by atoms with E-state index in [9.17, 15) is 4.39 Å². The lowest BCUT2D eigenvalue weighted by atomic mass is 10.0. The monoisotopic (exact) mass is 287 g/mol. The third-order valence-corrected chi connectivity index (χ3v) is 3.74. The molecule has 0 bridgehead atoms. The summed E-state index contributed by atoms with van der Waals surface area (Å²) in [4.78, 5) is 6.22. The fourth-order valence-corrected chi connectivity index (χ4v) is 2.45. The highest BCUT2D eigenvalue weighted by atomic mass is 19.1. The van der Waals surface area contributed by atoms with Gasteiger partial charge in [0.05, 0.1) is 0 Å². The average molecular weight is 287 g/mol. The van der Waals surface area contributed by atoms with Crippen molar-refractivity contribution in [3.05, 3.63) is 59.7 Å². The summed E-state index contributed by atoms with van der Waals surface area (Å²) >= 11 is 0. The molecule has 21 heavy (non-hydrogen) atoms. The van der Waals surface area contributed by atoms with E-state index < -0.39 is 0 Å². The van der Waals surface area contributed by atoms with E-state index in [2.05, 4.69) is 22.1 Å². The van der Waals surface area contributed by atoms with Gasteiger partial charge in [0, 0.05) is 42.8 Å². The van der Waals surface area contributed by atoms with Crippen LogP contribution in [-0.2, 0) is 6.54 Å². The van der Waals surface area contributed by atoms with Crippen LogP contribution in [0.25, 0.3) is 0 Å². The minimum atomic E-state index is -0.164. The van der Waals surface area contributed by atoms with Crippen LogP contribution in [0.2, 0.25) is 0 Å². The Kier molecular flexibility index (Phi) is 5.28. The van der Waals surface area contributed by atoms with E-state index in [0.717, 1.165) is 24.3 Å². The molecule has 0 aliphatic carbocycles. The molecule has 0 amide bonds. The molecule has 0 saturated heterocycles. The molecule has 1 heterocycles. The van der Waals surface area contributed by atoms with Gasteiger partial charge in [0.25, 0.3) is 0 Å². The number of hydrogen-bond donors (Lipinski definition) is 1. The predicted molar refractivity (Wildman–Crippen MR) is 84.8 cm³/mol. The van der Waals surface area contributed by atoms with Crippen LogP contribution < -0.4 is 10.2 Å². The lowest BCUT2D eigenvalue weighted by Gasteiger charge is -2.28. The van der Waals surface area contributed by atoms with Crippen LogP contribution in [0, 0.1) is 5.82 Å². The molecule has 2 aromatic rings. The first-order chi connectivity index (χ1) is 10.2. The Bertz CT molecular complexity index is 572. The largest absolute Gasteiger partial charge is 0.367 e. The van der Waals surface area contributed by atoms with Crippen molar-refractivity contribution >= 4 is 5.69 Å². The number of pyridine rings is 1. The van der Waals surface area contributed by atoms with E-state index in [1.165, 1.54) is 11.6 Å². The number of anilines is 1. The molecule has 1 aromatic heterocycles. The second kappa shape index (κ2) is 7.18. The molecule has 0 aliphatic heterocycles. The van der Waals surface area contributed by atoms with Gasteiger partial charge in [0.15, 0.2) is 0 Å². The molecule has 0 fully saturated rings. The summed E-state index contributed by atoms with van der Waals surface area (Å²) in [6.45, 7) is 5.61. The Balaban J connectivity index is 2.36. The molecule has 0 spiro atoms. The summed E-state index contributed by atoms with van der Waals surface area (Å²) in [5.74, 6) is -0.164. The average Bonchev–Trinajstić information content (AvgIpc) is 2.52. The Morgan fingerprint density at radius 3 is 2.57 bits per heavy atom. The van der Waals surface area contributed by atoms with Crippen LogP contribution in [0.15, 0.2) is 42.7 Å². The zero-order valence-corrected chi connectivity index (χ0v) is 12.8. The minimum absolute atomic E-state index is 0.0345. The second-order valence-corrected chi connectivity index (χ2v) is 5.05. The molecule has 1 aromatic carbocycles. The van der Waals surface area contributed by atoms with E-state index in [4.69, 9.17) is 0 Å².